The van der Waals surface area contributed by atoms with E-state index in [1.807, 2.05) is 12.1 Å². The van der Waals surface area contributed by atoms with Crippen molar-refractivity contribution >= 4 is 17.3 Å². The second-order valence-electron chi connectivity index (χ2n) is 4.42. The Balaban J connectivity index is 1.84. The maximum absolute atomic E-state index is 11.9. The number of amides is 1. The minimum absolute atomic E-state index is 0.0116. The second kappa shape index (κ2) is 6.37. The van der Waals surface area contributed by atoms with E-state index >= 15 is 0 Å². The maximum Gasteiger partial charge on any atom is 0.238 e. The van der Waals surface area contributed by atoms with Crippen molar-refractivity contribution in [1.29, 1.82) is 0 Å². The molecule has 18 heavy (non-hydrogen) atoms. The van der Waals surface area contributed by atoms with Crippen molar-refractivity contribution in [2.75, 3.05) is 43.9 Å². The molecule has 1 heterocycles. The Morgan fingerprint density at radius 3 is 3.11 bits per heavy atom. The van der Waals surface area contributed by atoms with E-state index in [1.54, 1.807) is 12.1 Å². The van der Waals surface area contributed by atoms with Gasteiger partial charge in [-0.05, 0) is 24.6 Å². The highest BCUT2D eigenvalue weighted by molar-refractivity contribution is 5.92. The molecule has 98 valence electrons. The van der Waals surface area contributed by atoms with Crippen LogP contribution in [0.25, 0.3) is 0 Å². The molecule has 1 aliphatic heterocycles. The summed E-state index contributed by atoms with van der Waals surface area (Å²) < 4.78 is 5.35. The Hall–Kier alpha value is -1.59. The summed E-state index contributed by atoms with van der Waals surface area (Å²) in [5.74, 6) is -0.0116. The molecule has 0 unspecified atom stereocenters. The van der Waals surface area contributed by atoms with Gasteiger partial charge < -0.3 is 15.8 Å². The lowest BCUT2D eigenvalue weighted by atomic mass is 10.3. The van der Waals surface area contributed by atoms with Gasteiger partial charge in [0.25, 0.3) is 0 Å². The van der Waals surface area contributed by atoms with Crippen molar-refractivity contribution in [3.05, 3.63) is 24.3 Å². The Labute approximate surface area is 107 Å². The number of ether oxygens (including phenoxy) is 1. The molecule has 0 bridgehead atoms. The van der Waals surface area contributed by atoms with Gasteiger partial charge in [-0.2, -0.15) is 0 Å². The Morgan fingerprint density at radius 2 is 2.28 bits per heavy atom. The molecule has 2 rings (SSSR count). The number of hydrogen-bond donors (Lipinski definition) is 2. The molecule has 0 radical (unpaired) electrons. The number of nitrogens with two attached hydrogens (primary N) is 1. The molecule has 1 saturated heterocycles. The van der Waals surface area contributed by atoms with Gasteiger partial charge in [0.15, 0.2) is 0 Å². The summed E-state index contributed by atoms with van der Waals surface area (Å²) in [5, 5.41) is 2.85. The molecular formula is C13H19N3O2. The smallest absolute Gasteiger partial charge is 0.238 e. The minimum Gasteiger partial charge on any atom is -0.399 e. The number of carbonyl (C=O) groups is 1. The van der Waals surface area contributed by atoms with E-state index < -0.39 is 0 Å². The van der Waals surface area contributed by atoms with Crippen LogP contribution in [0.2, 0.25) is 0 Å². The maximum atomic E-state index is 11.9. The van der Waals surface area contributed by atoms with Crippen LogP contribution >= 0.6 is 0 Å². The average Bonchev–Trinajstić information content (AvgIpc) is 2.57. The number of carbonyl (C=O) groups excluding carboxylic acids is 1. The SMILES string of the molecule is Nc1cccc(NC(=O)CN2CCCOCC2)c1. The van der Waals surface area contributed by atoms with Gasteiger partial charge in [0, 0.05) is 31.1 Å². The van der Waals surface area contributed by atoms with Crippen LogP contribution in [0.4, 0.5) is 11.4 Å². The van der Waals surface area contributed by atoms with Crippen molar-refractivity contribution < 1.29 is 9.53 Å². The van der Waals surface area contributed by atoms with Gasteiger partial charge in [-0.15, -0.1) is 0 Å². The quantitative estimate of drug-likeness (QED) is 0.782. The molecule has 1 aromatic carbocycles. The molecule has 5 heteroatoms. The van der Waals surface area contributed by atoms with Gasteiger partial charge in [0.1, 0.15) is 0 Å². The van der Waals surface area contributed by atoms with Crippen LogP contribution in [0, 0.1) is 0 Å². The van der Waals surface area contributed by atoms with Crippen LogP contribution in [0.5, 0.6) is 0 Å². The van der Waals surface area contributed by atoms with E-state index in [-0.39, 0.29) is 5.91 Å². The van der Waals surface area contributed by atoms with Crippen LogP contribution < -0.4 is 11.1 Å². The van der Waals surface area contributed by atoms with Gasteiger partial charge in [-0.25, -0.2) is 0 Å². The van der Waals surface area contributed by atoms with E-state index in [4.69, 9.17) is 10.5 Å². The summed E-state index contributed by atoms with van der Waals surface area (Å²) in [6.07, 6.45) is 0.978. The molecule has 0 saturated carbocycles. The van der Waals surface area contributed by atoms with Gasteiger partial charge in [-0.1, -0.05) is 6.07 Å². The first-order valence-corrected chi connectivity index (χ1v) is 6.19. The van der Waals surface area contributed by atoms with E-state index in [9.17, 15) is 4.79 Å². The normalized spacial score (nSPS) is 17.1. The molecule has 5 nitrogen and oxygen atoms in total. The Kier molecular flexibility index (Phi) is 4.55. The number of anilines is 2. The predicted molar refractivity (Wildman–Crippen MR) is 71.4 cm³/mol. The summed E-state index contributed by atoms with van der Waals surface area (Å²) >= 11 is 0. The van der Waals surface area contributed by atoms with Crippen molar-refractivity contribution in [3.8, 4) is 0 Å². The first-order valence-electron chi connectivity index (χ1n) is 6.19. The van der Waals surface area contributed by atoms with Gasteiger partial charge in [0.05, 0.1) is 13.2 Å². The van der Waals surface area contributed by atoms with E-state index in [1.165, 1.54) is 0 Å². The summed E-state index contributed by atoms with van der Waals surface area (Å²) in [7, 11) is 0. The zero-order chi connectivity index (χ0) is 12.8. The lowest BCUT2D eigenvalue weighted by Crippen LogP contribution is -2.34. The Bertz CT molecular complexity index is 401. The molecule has 1 fully saturated rings. The molecule has 0 aromatic heterocycles. The standard InChI is InChI=1S/C13H19N3O2/c14-11-3-1-4-12(9-11)15-13(17)10-16-5-2-7-18-8-6-16/h1,3-4,9H,2,5-8,10,14H2,(H,15,17). The summed E-state index contributed by atoms with van der Waals surface area (Å²) in [6.45, 7) is 3.60. The highest BCUT2D eigenvalue weighted by Crippen LogP contribution is 2.11. The van der Waals surface area contributed by atoms with Crippen LogP contribution in [0.3, 0.4) is 0 Å². The van der Waals surface area contributed by atoms with Crippen LogP contribution in [-0.2, 0) is 9.53 Å². The number of nitrogens with zero attached hydrogens (tertiary/aromatic N) is 1. The van der Waals surface area contributed by atoms with Crippen LogP contribution in [0.1, 0.15) is 6.42 Å². The third kappa shape index (κ3) is 4.01. The lowest BCUT2D eigenvalue weighted by molar-refractivity contribution is -0.117. The zero-order valence-electron chi connectivity index (χ0n) is 10.4. The number of benzene rings is 1. The zero-order valence-corrected chi connectivity index (χ0v) is 10.4. The predicted octanol–water partition coefficient (Wildman–Crippen LogP) is 0.930. The molecular weight excluding hydrogens is 230 g/mol. The van der Waals surface area contributed by atoms with Crippen molar-refractivity contribution in [1.82, 2.24) is 4.90 Å². The lowest BCUT2D eigenvalue weighted by Gasteiger charge is -2.18. The first-order chi connectivity index (χ1) is 8.74. The van der Waals surface area contributed by atoms with Crippen molar-refractivity contribution in [2.45, 2.75) is 6.42 Å². The van der Waals surface area contributed by atoms with E-state index in [0.29, 0.717) is 18.8 Å². The second-order valence-corrected chi connectivity index (χ2v) is 4.42. The highest BCUT2D eigenvalue weighted by atomic mass is 16.5. The third-order valence-electron chi connectivity index (χ3n) is 2.85. The first kappa shape index (κ1) is 12.9. The van der Waals surface area contributed by atoms with Crippen LogP contribution in [0.15, 0.2) is 24.3 Å². The fourth-order valence-electron chi connectivity index (χ4n) is 1.98. The summed E-state index contributed by atoms with van der Waals surface area (Å²) in [5.41, 5.74) is 7.05. The monoisotopic (exact) mass is 249 g/mol. The summed E-state index contributed by atoms with van der Waals surface area (Å²) in [6, 6.07) is 7.20. The fourth-order valence-corrected chi connectivity index (χ4v) is 1.98. The fraction of sp³-hybridized carbons (Fsp3) is 0.462. The molecule has 1 aliphatic rings. The van der Waals surface area contributed by atoms with E-state index in [0.717, 1.165) is 31.8 Å². The molecule has 3 N–H and O–H groups in total. The van der Waals surface area contributed by atoms with Gasteiger partial charge in [0.2, 0.25) is 5.91 Å². The summed E-state index contributed by atoms with van der Waals surface area (Å²) in [4.78, 5) is 14.0. The molecule has 1 amide bonds. The van der Waals surface area contributed by atoms with Crippen LogP contribution in [-0.4, -0.2) is 43.7 Å². The molecule has 1 aromatic rings. The minimum atomic E-state index is -0.0116. The number of rotatable bonds is 3. The Morgan fingerprint density at radius 1 is 1.39 bits per heavy atom. The molecule has 0 aliphatic carbocycles. The van der Waals surface area contributed by atoms with Gasteiger partial charge >= 0.3 is 0 Å². The number of hydrogen-bond acceptors (Lipinski definition) is 4. The number of nitrogens with one attached hydrogen (secondary N) is 1. The molecule has 0 atom stereocenters. The topological polar surface area (TPSA) is 67.6 Å². The highest BCUT2D eigenvalue weighted by Gasteiger charge is 2.13. The van der Waals surface area contributed by atoms with E-state index in [2.05, 4.69) is 10.2 Å². The third-order valence-corrected chi connectivity index (χ3v) is 2.85. The van der Waals surface area contributed by atoms with Gasteiger partial charge in [-0.3, -0.25) is 9.69 Å². The molecule has 0 spiro atoms. The van der Waals surface area contributed by atoms with Crippen molar-refractivity contribution in [3.63, 3.8) is 0 Å². The average molecular weight is 249 g/mol. The largest absolute Gasteiger partial charge is 0.399 e. The van der Waals surface area contributed by atoms with Crippen molar-refractivity contribution in [2.24, 2.45) is 0 Å². The number of nitrogen functional groups attached to an aromatic ring is 1.